The van der Waals surface area contributed by atoms with Crippen LogP contribution in [0.3, 0.4) is 0 Å². The lowest BCUT2D eigenvalue weighted by Gasteiger charge is -2.14. The summed E-state index contributed by atoms with van der Waals surface area (Å²) in [7, 11) is 1.60. The topological polar surface area (TPSA) is 58.6 Å². The molecule has 0 unspecified atom stereocenters. The Labute approximate surface area is 187 Å². The fourth-order valence-electron chi connectivity index (χ4n) is 2.75. The number of carbonyl (C=O) groups is 2. The Bertz CT molecular complexity index is 978. The summed E-state index contributed by atoms with van der Waals surface area (Å²) < 4.78 is 6.55. The smallest absolute Gasteiger partial charge is 0.266 e. The highest BCUT2D eigenvalue weighted by Crippen LogP contribution is 2.33. The van der Waals surface area contributed by atoms with Crippen LogP contribution < -0.4 is 10.1 Å². The molecule has 29 heavy (non-hydrogen) atoms. The minimum Gasteiger partial charge on any atom is -0.497 e. The summed E-state index contributed by atoms with van der Waals surface area (Å²) in [6, 6.07) is 14.9. The molecule has 0 bridgehead atoms. The average Bonchev–Trinajstić information content (AvgIpc) is 2.97. The van der Waals surface area contributed by atoms with Gasteiger partial charge >= 0.3 is 0 Å². The normalized spacial score (nSPS) is 15.1. The molecule has 2 aromatic rings. The third kappa shape index (κ3) is 5.68. The van der Waals surface area contributed by atoms with Gasteiger partial charge in [-0.25, -0.2) is 0 Å². The van der Waals surface area contributed by atoms with Gasteiger partial charge in [0.25, 0.3) is 5.91 Å². The van der Waals surface area contributed by atoms with E-state index >= 15 is 0 Å². The molecule has 1 aliphatic heterocycles. The molecule has 8 heteroatoms. The van der Waals surface area contributed by atoms with Crippen LogP contribution in [-0.4, -0.2) is 34.7 Å². The van der Waals surface area contributed by atoms with Crippen LogP contribution in [0.1, 0.15) is 18.4 Å². The number of anilines is 1. The van der Waals surface area contributed by atoms with Crippen LogP contribution >= 0.6 is 39.9 Å². The first-order chi connectivity index (χ1) is 14.0. The second kappa shape index (κ2) is 10.0. The molecule has 1 N–H and O–H groups in total. The highest BCUT2D eigenvalue weighted by Gasteiger charge is 2.31. The maximum absolute atomic E-state index is 12.7. The zero-order chi connectivity index (χ0) is 20.8. The number of nitrogens with zero attached hydrogens (tertiary/aromatic N) is 1. The van der Waals surface area contributed by atoms with E-state index in [1.807, 2.05) is 54.6 Å². The predicted octanol–water partition coefficient (Wildman–Crippen LogP) is 5.08. The van der Waals surface area contributed by atoms with E-state index in [1.165, 1.54) is 11.8 Å². The van der Waals surface area contributed by atoms with Crippen molar-refractivity contribution in [1.29, 1.82) is 0 Å². The van der Waals surface area contributed by atoms with Crippen LogP contribution in [0.4, 0.5) is 5.69 Å². The minimum atomic E-state index is -0.131. The second-order valence-corrected chi connectivity index (χ2v) is 8.77. The van der Waals surface area contributed by atoms with E-state index in [0.717, 1.165) is 21.5 Å². The largest absolute Gasteiger partial charge is 0.497 e. The van der Waals surface area contributed by atoms with Crippen LogP contribution in [0, 0.1) is 0 Å². The standard InChI is InChI=1S/C21H19BrN2O3S2/c1-27-15-7-4-6-14(12-15)13-18-20(26)24(21(28)29-18)11-5-10-19(25)23-17-9-3-2-8-16(17)22/h2-4,6-9,12-13H,5,10-11H2,1H3,(H,23,25). The molecule has 150 valence electrons. The fourth-order valence-corrected chi connectivity index (χ4v) is 4.44. The Hall–Kier alpha value is -2.16. The molecule has 5 nitrogen and oxygen atoms in total. The summed E-state index contributed by atoms with van der Waals surface area (Å²) >= 11 is 10.0. The summed E-state index contributed by atoms with van der Waals surface area (Å²) in [6.45, 7) is 0.406. The highest BCUT2D eigenvalue weighted by molar-refractivity contribution is 9.10. The number of halogens is 1. The van der Waals surface area contributed by atoms with Gasteiger partial charge in [0.15, 0.2) is 0 Å². The number of hydrogen-bond donors (Lipinski definition) is 1. The average molecular weight is 491 g/mol. The number of para-hydroxylation sites is 1. The molecule has 0 saturated carbocycles. The van der Waals surface area contributed by atoms with E-state index in [2.05, 4.69) is 21.2 Å². The third-order valence-corrected chi connectivity index (χ3v) is 6.27. The summed E-state index contributed by atoms with van der Waals surface area (Å²) in [5, 5.41) is 2.86. The van der Waals surface area contributed by atoms with E-state index in [0.29, 0.717) is 28.6 Å². The van der Waals surface area contributed by atoms with E-state index in [9.17, 15) is 9.59 Å². The van der Waals surface area contributed by atoms with Crippen LogP contribution in [0.25, 0.3) is 6.08 Å². The molecular formula is C21H19BrN2O3S2. The van der Waals surface area contributed by atoms with Gasteiger partial charge in [0.05, 0.1) is 17.7 Å². The number of hydrogen-bond acceptors (Lipinski definition) is 5. The SMILES string of the molecule is COc1cccc(C=C2SC(=S)N(CCCC(=O)Nc3ccccc3Br)C2=O)c1. The van der Waals surface area contributed by atoms with Gasteiger partial charge in [-0.3, -0.25) is 14.5 Å². The molecule has 2 aromatic carbocycles. The number of benzene rings is 2. The van der Waals surface area contributed by atoms with Crippen LogP contribution in [-0.2, 0) is 9.59 Å². The van der Waals surface area contributed by atoms with Crippen molar-refractivity contribution in [3.8, 4) is 5.75 Å². The number of amides is 2. The van der Waals surface area contributed by atoms with Crippen molar-refractivity contribution in [1.82, 2.24) is 4.90 Å². The van der Waals surface area contributed by atoms with Gasteiger partial charge in [0.2, 0.25) is 5.91 Å². The van der Waals surface area contributed by atoms with Crippen molar-refractivity contribution < 1.29 is 14.3 Å². The van der Waals surface area contributed by atoms with Gasteiger partial charge in [0.1, 0.15) is 10.1 Å². The zero-order valence-corrected chi connectivity index (χ0v) is 18.9. The van der Waals surface area contributed by atoms with Crippen molar-refractivity contribution in [2.24, 2.45) is 0 Å². The van der Waals surface area contributed by atoms with Gasteiger partial charge in [-0.05, 0) is 58.3 Å². The Balaban J connectivity index is 1.55. The van der Waals surface area contributed by atoms with Gasteiger partial charge < -0.3 is 10.1 Å². The van der Waals surface area contributed by atoms with Crippen LogP contribution in [0.5, 0.6) is 5.75 Å². The number of nitrogens with one attached hydrogen (secondary N) is 1. The maximum Gasteiger partial charge on any atom is 0.266 e. The van der Waals surface area contributed by atoms with Crippen LogP contribution in [0.15, 0.2) is 57.9 Å². The molecular weight excluding hydrogens is 472 g/mol. The Morgan fingerprint density at radius 3 is 2.83 bits per heavy atom. The third-order valence-electron chi connectivity index (χ3n) is 4.20. The first-order valence-electron chi connectivity index (χ1n) is 8.92. The highest BCUT2D eigenvalue weighted by atomic mass is 79.9. The lowest BCUT2D eigenvalue weighted by atomic mass is 10.2. The summed E-state index contributed by atoms with van der Waals surface area (Å²) in [5.74, 6) is 0.494. The van der Waals surface area contributed by atoms with Gasteiger partial charge in [-0.15, -0.1) is 0 Å². The number of thioether (sulfide) groups is 1. The van der Waals surface area contributed by atoms with Gasteiger partial charge in [0, 0.05) is 17.4 Å². The number of rotatable bonds is 7. The Morgan fingerprint density at radius 1 is 1.28 bits per heavy atom. The predicted molar refractivity (Wildman–Crippen MR) is 125 cm³/mol. The van der Waals surface area contributed by atoms with Gasteiger partial charge in [-0.2, -0.15) is 0 Å². The number of thiocarbonyl (C=S) groups is 1. The van der Waals surface area contributed by atoms with E-state index < -0.39 is 0 Å². The van der Waals surface area contributed by atoms with E-state index in [-0.39, 0.29) is 11.8 Å². The molecule has 2 amide bonds. The van der Waals surface area contributed by atoms with Crippen molar-refractivity contribution in [2.75, 3.05) is 19.0 Å². The first-order valence-corrected chi connectivity index (χ1v) is 10.9. The molecule has 1 saturated heterocycles. The second-order valence-electron chi connectivity index (χ2n) is 6.24. The minimum absolute atomic E-state index is 0.103. The molecule has 0 aliphatic carbocycles. The lowest BCUT2D eigenvalue weighted by Crippen LogP contribution is -2.29. The summed E-state index contributed by atoms with van der Waals surface area (Å²) in [5.41, 5.74) is 1.60. The first kappa shape index (κ1) is 21.5. The molecule has 1 aliphatic rings. The molecule has 0 radical (unpaired) electrons. The molecule has 3 rings (SSSR count). The molecule has 1 heterocycles. The fraction of sp³-hybridized carbons (Fsp3) is 0.190. The molecule has 0 spiro atoms. The summed E-state index contributed by atoms with van der Waals surface area (Å²) in [6.07, 6.45) is 2.63. The molecule has 0 atom stereocenters. The van der Waals surface area contributed by atoms with Crippen LogP contribution in [0.2, 0.25) is 0 Å². The number of methoxy groups -OCH3 is 1. The van der Waals surface area contributed by atoms with Crippen molar-refractivity contribution in [3.05, 3.63) is 63.5 Å². The van der Waals surface area contributed by atoms with Crippen molar-refractivity contribution in [3.63, 3.8) is 0 Å². The van der Waals surface area contributed by atoms with Crippen molar-refractivity contribution in [2.45, 2.75) is 12.8 Å². The quantitative estimate of drug-likeness (QED) is 0.433. The lowest BCUT2D eigenvalue weighted by molar-refractivity contribution is -0.122. The van der Waals surface area contributed by atoms with E-state index in [4.69, 9.17) is 17.0 Å². The Morgan fingerprint density at radius 2 is 2.07 bits per heavy atom. The monoisotopic (exact) mass is 490 g/mol. The number of ether oxygens (including phenoxy) is 1. The zero-order valence-electron chi connectivity index (χ0n) is 15.7. The molecule has 0 aromatic heterocycles. The maximum atomic E-state index is 12.7. The Kier molecular flexibility index (Phi) is 7.46. The van der Waals surface area contributed by atoms with Gasteiger partial charge in [-0.1, -0.05) is 48.2 Å². The number of carbonyl (C=O) groups excluding carboxylic acids is 2. The molecule has 1 fully saturated rings. The van der Waals surface area contributed by atoms with Crippen molar-refractivity contribution >= 4 is 67.8 Å². The van der Waals surface area contributed by atoms with E-state index in [1.54, 1.807) is 12.0 Å². The summed E-state index contributed by atoms with van der Waals surface area (Å²) in [4.78, 5) is 27.0.